The third-order valence-electron chi connectivity index (χ3n) is 6.80. The number of rotatable bonds is 7. The lowest BCUT2D eigenvalue weighted by Gasteiger charge is -2.24. The quantitative estimate of drug-likeness (QED) is 0.264. The molecule has 35 heavy (non-hydrogen) atoms. The summed E-state index contributed by atoms with van der Waals surface area (Å²) in [6.07, 6.45) is 0.147. The van der Waals surface area contributed by atoms with Crippen LogP contribution in [0.4, 0.5) is 0 Å². The van der Waals surface area contributed by atoms with E-state index in [1.54, 1.807) is 48.5 Å². The van der Waals surface area contributed by atoms with Crippen LogP contribution in [0.1, 0.15) is 60.5 Å². The molecule has 0 aliphatic heterocycles. The van der Waals surface area contributed by atoms with E-state index in [9.17, 15) is 14.4 Å². The van der Waals surface area contributed by atoms with Crippen LogP contribution in [0, 0.1) is 5.92 Å². The topological polar surface area (TPSA) is 51.2 Å². The Hall–Kier alpha value is -3.82. The van der Waals surface area contributed by atoms with Crippen LogP contribution in [0.3, 0.4) is 0 Å². The van der Waals surface area contributed by atoms with E-state index in [2.05, 4.69) is 0 Å². The van der Waals surface area contributed by atoms with Gasteiger partial charge in [0, 0.05) is 40.0 Å². The van der Waals surface area contributed by atoms with Crippen molar-refractivity contribution in [2.45, 2.75) is 18.3 Å². The minimum Gasteiger partial charge on any atom is -0.294 e. The smallest absolute Gasteiger partial charge is 0.171 e. The second kappa shape index (κ2) is 9.81. The lowest BCUT2D eigenvalue weighted by atomic mass is 9.76. The third kappa shape index (κ3) is 4.48. The largest absolute Gasteiger partial charge is 0.294 e. The van der Waals surface area contributed by atoms with E-state index >= 15 is 0 Å². The first-order valence-electron chi connectivity index (χ1n) is 11.6. The summed E-state index contributed by atoms with van der Waals surface area (Å²) in [5.41, 5.74) is 3.33. The Morgan fingerprint density at radius 1 is 0.571 bits per heavy atom. The van der Waals surface area contributed by atoms with Gasteiger partial charge in [0.25, 0.3) is 0 Å². The van der Waals surface area contributed by atoms with Crippen molar-refractivity contribution in [3.05, 3.63) is 142 Å². The van der Waals surface area contributed by atoms with Crippen LogP contribution >= 0.6 is 11.6 Å². The highest BCUT2D eigenvalue weighted by molar-refractivity contribution is 6.30. The summed E-state index contributed by atoms with van der Waals surface area (Å²) in [5.74, 6) is -2.10. The second-order valence-electron chi connectivity index (χ2n) is 8.83. The van der Waals surface area contributed by atoms with Gasteiger partial charge in [-0.2, -0.15) is 0 Å². The third-order valence-corrected chi connectivity index (χ3v) is 7.05. The number of hydrogen-bond donors (Lipinski definition) is 0. The summed E-state index contributed by atoms with van der Waals surface area (Å²) in [6.45, 7) is 0. The standard InChI is InChI=1S/C31H23ClO3/c32-23-17-15-22(16-18-23)31(35)28-25-14-8-7-13-24(25)26(19-27(33)20-9-3-1-4-10-20)29(28)30(34)21-11-5-2-6-12-21/h1-18,26,28-29H,19H2/t26-,28-,29-/m1/s1. The predicted molar refractivity (Wildman–Crippen MR) is 137 cm³/mol. The number of halogens is 1. The molecule has 0 aromatic heterocycles. The van der Waals surface area contributed by atoms with Gasteiger partial charge < -0.3 is 0 Å². The van der Waals surface area contributed by atoms with E-state index < -0.39 is 17.8 Å². The van der Waals surface area contributed by atoms with Crippen molar-refractivity contribution in [3.63, 3.8) is 0 Å². The average molecular weight is 479 g/mol. The Labute approximate surface area is 209 Å². The minimum absolute atomic E-state index is 0.0455. The SMILES string of the molecule is O=C(C[C@@H]1c2ccccc2[C@@H](C(=O)c2ccc(Cl)cc2)[C@@H]1C(=O)c1ccccc1)c1ccccc1. The average Bonchev–Trinajstić information content (AvgIpc) is 3.23. The number of fused-ring (bicyclic) bond motifs is 1. The molecule has 0 saturated heterocycles. The molecule has 0 unspecified atom stereocenters. The zero-order chi connectivity index (χ0) is 24.4. The summed E-state index contributed by atoms with van der Waals surface area (Å²) in [4.78, 5) is 41.1. The van der Waals surface area contributed by atoms with Gasteiger partial charge in [0.2, 0.25) is 0 Å². The van der Waals surface area contributed by atoms with Gasteiger partial charge in [-0.25, -0.2) is 0 Å². The molecule has 0 saturated carbocycles. The van der Waals surface area contributed by atoms with Crippen LogP contribution < -0.4 is 0 Å². The summed E-state index contributed by atoms with van der Waals surface area (Å²) >= 11 is 6.05. The number of carbonyl (C=O) groups excluding carboxylic acids is 3. The van der Waals surface area contributed by atoms with Crippen molar-refractivity contribution < 1.29 is 14.4 Å². The number of Topliss-reactive ketones (excluding diaryl/α,β-unsaturated/α-hetero) is 3. The van der Waals surface area contributed by atoms with E-state index in [-0.39, 0.29) is 23.8 Å². The Bertz CT molecular complexity index is 1380. The molecule has 3 nitrogen and oxygen atoms in total. The normalized spacial score (nSPS) is 18.6. The Kier molecular flexibility index (Phi) is 6.43. The molecule has 0 fully saturated rings. The fraction of sp³-hybridized carbons (Fsp3) is 0.129. The predicted octanol–water partition coefficient (Wildman–Crippen LogP) is 7.18. The fourth-order valence-electron chi connectivity index (χ4n) is 5.16. The second-order valence-corrected chi connectivity index (χ2v) is 9.27. The maximum Gasteiger partial charge on any atom is 0.171 e. The molecule has 0 N–H and O–H groups in total. The zero-order valence-corrected chi connectivity index (χ0v) is 19.7. The fourth-order valence-corrected chi connectivity index (χ4v) is 5.28. The molecule has 0 radical (unpaired) electrons. The summed E-state index contributed by atoms with van der Waals surface area (Å²) in [5, 5.41) is 0.539. The van der Waals surface area contributed by atoms with Crippen molar-refractivity contribution >= 4 is 29.0 Å². The molecule has 4 aromatic carbocycles. The first kappa shape index (κ1) is 22.9. The van der Waals surface area contributed by atoms with E-state index in [0.29, 0.717) is 21.7 Å². The molecule has 4 aromatic rings. The van der Waals surface area contributed by atoms with Crippen LogP contribution in [0.2, 0.25) is 5.02 Å². The maximum absolute atomic E-state index is 14.0. The van der Waals surface area contributed by atoms with Crippen LogP contribution in [0.5, 0.6) is 0 Å². The van der Waals surface area contributed by atoms with Crippen LogP contribution in [-0.2, 0) is 0 Å². The lowest BCUT2D eigenvalue weighted by molar-refractivity contribution is 0.0799. The van der Waals surface area contributed by atoms with Gasteiger partial charge in [-0.05, 0) is 35.4 Å². The monoisotopic (exact) mass is 478 g/mol. The maximum atomic E-state index is 14.0. The van der Waals surface area contributed by atoms with Crippen LogP contribution in [-0.4, -0.2) is 17.3 Å². The first-order chi connectivity index (χ1) is 17.0. The Morgan fingerprint density at radius 3 is 1.71 bits per heavy atom. The molecule has 4 heteroatoms. The van der Waals surface area contributed by atoms with E-state index in [4.69, 9.17) is 11.6 Å². The van der Waals surface area contributed by atoms with E-state index in [1.807, 2.05) is 60.7 Å². The number of benzene rings is 4. The lowest BCUT2D eigenvalue weighted by Crippen LogP contribution is -2.29. The molecule has 0 amide bonds. The minimum atomic E-state index is -0.689. The summed E-state index contributed by atoms with van der Waals surface area (Å²) < 4.78 is 0. The zero-order valence-electron chi connectivity index (χ0n) is 18.9. The molecular formula is C31H23ClO3. The molecule has 0 heterocycles. The number of hydrogen-bond acceptors (Lipinski definition) is 3. The number of carbonyl (C=O) groups is 3. The summed E-state index contributed by atoms with van der Waals surface area (Å²) in [7, 11) is 0. The highest BCUT2D eigenvalue weighted by atomic mass is 35.5. The molecule has 5 rings (SSSR count). The van der Waals surface area contributed by atoms with Crippen LogP contribution in [0.25, 0.3) is 0 Å². The molecule has 172 valence electrons. The van der Waals surface area contributed by atoms with Gasteiger partial charge in [-0.3, -0.25) is 14.4 Å². The molecule has 0 spiro atoms. The van der Waals surface area contributed by atoms with E-state index in [1.165, 1.54) is 0 Å². The molecule has 3 atom stereocenters. The van der Waals surface area contributed by atoms with Gasteiger partial charge in [-0.15, -0.1) is 0 Å². The Balaban J connectivity index is 1.61. The van der Waals surface area contributed by atoms with Crippen molar-refractivity contribution in [2.24, 2.45) is 5.92 Å². The van der Waals surface area contributed by atoms with E-state index in [0.717, 1.165) is 11.1 Å². The highest BCUT2D eigenvalue weighted by Crippen LogP contribution is 2.51. The molecule has 0 bridgehead atoms. The van der Waals surface area contributed by atoms with Gasteiger partial charge in [-0.1, -0.05) is 96.5 Å². The van der Waals surface area contributed by atoms with Gasteiger partial charge in [0.05, 0.1) is 5.92 Å². The van der Waals surface area contributed by atoms with Gasteiger partial charge in [0.15, 0.2) is 17.3 Å². The molecule has 1 aliphatic carbocycles. The van der Waals surface area contributed by atoms with Crippen molar-refractivity contribution in [1.29, 1.82) is 0 Å². The van der Waals surface area contributed by atoms with Crippen LogP contribution in [0.15, 0.2) is 109 Å². The summed E-state index contributed by atoms with van der Waals surface area (Å²) in [6, 6.07) is 32.5. The molecular weight excluding hydrogens is 456 g/mol. The van der Waals surface area contributed by atoms with Gasteiger partial charge in [0.1, 0.15) is 0 Å². The van der Waals surface area contributed by atoms with Crippen molar-refractivity contribution in [1.82, 2.24) is 0 Å². The highest BCUT2D eigenvalue weighted by Gasteiger charge is 2.48. The van der Waals surface area contributed by atoms with Crippen molar-refractivity contribution in [3.8, 4) is 0 Å². The first-order valence-corrected chi connectivity index (χ1v) is 12.0. The molecule has 1 aliphatic rings. The van der Waals surface area contributed by atoms with Gasteiger partial charge >= 0.3 is 0 Å². The number of ketones is 3. The van der Waals surface area contributed by atoms with Crippen molar-refractivity contribution in [2.75, 3.05) is 0 Å². The Morgan fingerprint density at radius 2 is 1.09 bits per heavy atom.